The molecule has 4 heteroatoms. The van der Waals surface area contributed by atoms with Crippen LogP contribution in [0.3, 0.4) is 0 Å². The van der Waals surface area contributed by atoms with Gasteiger partial charge in [0.1, 0.15) is 11.3 Å². The van der Waals surface area contributed by atoms with Crippen molar-refractivity contribution in [3.05, 3.63) is 65.4 Å². The number of aromatic hydroxyl groups is 1. The van der Waals surface area contributed by atoms with Crippen molar-refractivity contribution >= 4 is 16.9 Å². The fourth-order valence-corrected chi connectivity index (χ4v) is 2.19. The molecule has 0 saturated heterocycles. The summed E-state index contributed by atoms with van der Waals surface area (Å²) in [6.07, 6.45) is 2.31. The highest BCUT2D eigenvalue weighted by Crippen LogP contribution is 2.26. The molecule has 100 valence electrons. The first-order valence-electron chi connectivity index (χ1n) is 6.15. The summed E-state index contributed by atoms with van der Waals surface area (Å²) in [6.45, 7) is 0. The smallest absolute Gasteiger partial charge is 0.335 e. The van der Waals surface area contributed by atoms with Gasteiger partial charge in [0, 0.05) is 23.4 Å². The Balaban J connectivity index is 1.91. The fourth-order valence-electron chi connectivity index (χ4n) is 2.19. The van der Waals surface area contributed by atoms with Crippen LogP contribution in [-0.2, 0) is 6.42 Å². The van der Waals surface area contributed by atoms with E-state index >= 15 is 0 Å². The second-order valence-electron chi connectivity index (χ2n) is 4.62. The first-order valence-corrected chi connectivity index (χ1v) is 6.15. The normalized spacial score (nSPS) is 10.8. The van der Waals surface area contributed by atoms with E-state index in [4.69, 9.17) is 9.52 Å². The first kappa shape index (κ1) is 12.3. The Bertz CT molecular complexity index is 769. The van der Waals surface area contributed by atoms with Gasteiger partial charge in [-0.25, -0.2) is 4.79 Å². The van der Waals surface area contributed by atoms with Gasteiger partial charge in [-0.3, -0.25) is 0 Å². The monoisotopic (exact) mass is 268 g/mol. The SMILES string of the molecule is O=C(O)c1ccc(Cc2coc3cc(O)ccc23)cc1. The van der Waals surface area contributed by atoms with Crippen LogP contribution in [0.1, 0.15) is 21.5 Å². The van der Waals surface area contributed by atoms with Crippen LogP contribution in [0, 0.1) is 0 Å². The van der Waals surface area contributed by atoms with Crippen molar-refractivity contribution in [1.82, 2.24) is 0 Å². The lowest BCUT2D eigenvalue weighted by atomic mass is 10.0. The Hall–Kier alpha value is -2.75. The van der Waals surface area contributed by atoms with Gasteiger partial charge >= 0.3 is 5.97 Å². The van der Waals surface area contributed by atoms with Crippen LogP contribution in [-0.4, -0.2) is 16.2 Å². The van der Waals surface area contributed by atoms with E-state index in [-0.39, 0.29) is 11.3 Å². The summed E-state index contributed by atoms with van der Waals surface area (Å²) in [7, 11) is 0. The minimum Gasteiger partial charge on any atom is -0.508 e. The summed E-state index contributed by atoms with van der Waals surface area (Å²) in [4.78, 5) is 10.8. The number of carboxylic acids is 1. The lowest BCUT2D eigenvalue weighted by molar-refractivity contribution is 0.0697. The zero-order chi connectivity index (χ0) is 14.1. The number of aromatic carboxylic acids is 1. The summed E-state index contributed by atoms with van der Waals surface area (Å²) in [5, 5.41) is 19.2. The van der Waals surface area contributed by atoms with Gasteiger partial charge in [-0.05, 0) is 29.8 Å². The number of fused-ring (bicyclic) bond motifs is 1. The van der Waals surface area contributed by atoms with Crippen molar-refractivity contribution in [3.63, 3.8) is 0 Å². The van der Waals surface area contributed by atoms with Crippen molar-refractivity contribution < 1.29 is 19.4 Å². The quantitative estimate of drug-likeness (QED) is 0.763. The third kappa shape index (κ3) is 2.23. The number of carbonyl (C=O) groups is 1. The van der Waals surface area contributed by atoms with Crippen LogP contribution in [0.2, 0.25) is 0 Å². The molecular weight excluding hydrogens is 256 g/mol. The lowest BCUT2D eigenvalue weighted by Gasteiger charge is -2.01. The van der Waals surface area contributed by atoms with Crippen LogP contribution in [0.25, 0.3) is 11.0 Å². The molecule has 1 heterocycles. The molecule has 0 spiro atoms. The molecule has 0 bridgehead atoms. The van der Waals surface area contributed by atoms with Gasteiger partial charge < -0.3 is 14.6 Å². The summed E-state index contributed by atoms with van der Waals surface area (Å²) in [5.41, 5.74) is 2.92. The van der Waals surface area contributed by atoms with Gasteiger partial charge in [-0.1, -0.05) is 12.1 Å². The molecule has 0 aliphatic rings. The van der Waals surface area contributed by atoms with E-state index in [2.05, 4.69) is 0 Å². The number of phenolic OH excluding ortho intramolecular Hbond substituents is 1. The average molecular weight is 268 g/mol. The largest absolute Gasteiger partial charge is 0.508 e. The highest BCUT2D eigenvalue weighted by atomic mass is 16.4. The van der Waals surface area contributed by atoms with E-state index < -0.39 is 5.97 Å². The van der Waals surface area contributed by atoms with Crippen molar-refractivity contribution in [3.8, 4) is 5.75 Å². The van der Waals surface area contributed by atoms with Crippen LogP contribution < -0.4 is 0 Å². The molecule has 0 atom stereocenters. The molecule has 0 aliphatic carbocycles. The van der Waals surface area contributed by atoms with Crippen LogP contribution in [0.4, 0.5) is 0 Å². The maximum Gasteiger partial charge on any atom is 0.335 e. The number of hydrogen-bond donors (Lipinski definition) is 2. The zero-order valence-corrected chi connectivity index (χ0v) is 10.5. The van der Waals surface area contributed by atoms with Gasteiger partial charge in [0.15, 0.2) is 0 Å². The Morgan fingerprint density at radius 3 is 2.55 bits per heavy atom. The van der Waals surface area contributed by atoms with E-state index in [0.29, 0.717) is 12.0 Å². The van der Waals surface area contributed by atoms with Gasteiger partial charge in [0.05, 0.1) is 11.8 Å². The molecule has 1 aromatic heterocycles. The van der Waals surface area contributed by atoms with Gasteiger partial charge in [0.2, 0.25) is 0 Å². The van der Waals surface area contributed by atoms with Gasteiger partial charge in [-0.2, -0.15) is 0 Å². The predicted octanol–water partition coefficient (Wildman–Crippen LogP) is 3.43. The third-order valence-electron chi connectivity index (χ3n) is 3.23. The standard InChI is InChI=1S/C16H12O4/c17-13-5-6-14-12(9-20-15(14)8-13)7-10-1-3-11(4-2-10)16(18)19/h1-6,8-9,17H,7H2,(H,18,19). The Morgan fingerprint density at radius 2 is 1.85 bits per heavy atom. The summed E-state index contributed by atoms with van der Waals surface area (Å²) in [5.74, 6) is -0.759. The van der Waals surface area contributed by atoms with Gasteiger partial charge in [-0.15, -0.1) is 0 Å². The van der Waals surface area contributed by atoms with Crippen molar-refractivity contribution in [1.29, 1.82) is 0 Å². The molecule has 0 fully saturated rings. The molecule has 2 N–H and O–H groups in total. The van der Waals surface area contributed by atoms with E-state index in [1.807, 2.05) is 6.07 Å². The third-order valence-corrected chi connectivity index (χ3v) is 3.23. The fraction of sp³-hybridized carbons (Fsp3) is 0.0625. The molecule has 4 nitrogen and oxygen atoms in total. The summed E-state index contributed by atoms with van der Waals surface area (Å²) < 4.78 is 5.41. The highest BCUT2D eigenvalue weighted by molar-refractivity contribution is 5.87. The van der Waals surface area contributed by atoms with Crippen LogP contribution in [0.15, 0.2) is 53.1 Å². The minimum atomic E-state index is -0.930. The number of rotatable bonds is 3. The molecule has 3 aromatic rings. The van der Waals surface area contributed by atoms with Crippen molar-refractivity contribution in [2.24, 2.45) is 0 Å². The molecule has 0 aliphatic heterocycles. The average Bonchev–Trinajstić information content (AvgIpc) is 2.81. The van der Waals surface area contributed by atoms with Crippen molar-refractivity contribution in [2.45, 2.75) is 6.42 Å². The molecule has 0 radical (unpaired) electrons. The molecule has 0 amide bonds. The number of furan rings is 1. The molecule has 2 aromatic carbocycles. The second kappa shape index (κ2) is 4.74. The predicted molar refractivity (Wildman–Crippen MR) is 74.1 cm³/mol. The Kier molecular flexibility index (Phi) is 2.91. The number of carboxylic acid groups (broad SMARTS) is 1. The highest BCUT2D eigenvalue weighted by Gasteiger charge is 2.08. The lowest BCUT2D eigenvalue weighted by Crippen LogP contribution is -1.96. The first-order chi connectivity index (χ1) is 9.63. The van der Waals surface area contributed by atoms with E-state index in [1.165, 1.54) is 0 Å². The molecule has 20 heavy (non-hydrogen) atoms. The van der Waals surface area contributed by atoms with Crippen LogP contribution >= 0.6 is 0 Å². The summed E-state index contributed by atoms with van der Waals surface area (Å²) in [6, 6.07) is 11.8. The molecular formula is C16H12O4. The molecule has 0 unspecified atom stereocenters. The maximum atomic E-state index is 10.8. The minimum absolute atomic E-state index is 0.171. The summed E-state index contributed by atoms with van der Waals surface area (Å²) >= 11 is 0. The van der Waals surface area contributed by atoms with Crippen molar-refractivity contribution in [2.75, 3.05) is 0 Å². The van der Waals surface area contributed by atoms with E-state index in [1.54, 1.807) is 42.7 Å². The topological polar surface area (TPSA) is 70.7 Å². The van der Waals surface area contributed by atoms with Gasteiger partial charge in [0.25, 0.3) is 0 Å². The number of hydrogen-bond acceptors (Lipinski definition) is 3. The zero-order valence-electron chi connectivity index (χ0n) is 10.5. The van der Waals surface area contributed by atoms with Crippen LogP contribution in [0.5, 0.6) is 5.75 Å². The second-order valence-corrected chi connectivity index (χ2v) is 4.62. The Morgan fingerprint density at radius 1 is 1.10 bits per heavy atom. The Labute approximate surface area is 114 Å². The number of phenols is 1. The van der Waals surface area contributed by atoms with E-state index in [0.717, 1.165) is 16.5 Å². The maximum absolute atomic E-state index is 10.8. The molecule has 0 saturated carbocycles. The van der Waals surface area contributed by atoms with E-state index in [9.17, 15) is 9.90 Å². The molecule has 3 rings (SSSR count). The number of benzene rings is 2.